The van der Waals surface area contributed by atoms with Gasteiger partial charge in [0.15, 0.2) is 18.2 Å². The Bertz CT molecular complexity index is 843. The molecular formula is C18H20FO8S-. The molecule has 0 amide bonds. The summed E-state index contributed by atoms with van der Waals surface area (Å²) in [7, 11) is -4.51. The predicted molar refractivity (Wildman–Crippen MR) is 94.2 cm³/mol. The number of carbonyl (C=O) groups is 2. The molecule has 1 fully saturated rings. The van der Waals surface area contributed by atoms with Crippen molar-refractivity contribution in [1.29, 1.82) is 0 Å². The molecule has 1 aromatic rings. The maximum absolute atomic E-state index is 14.1. The number of benzene rings is 1. The SMILES string of the molecule is C=CC1(Oc2cc(C(=O)OCC(=O)OCCS(=O)(=O)[O-])ccc2F)CCCC1. The molecule has 2 rings (SSSR count). The van der Waals surface area contributed by atoms with Gasteiger partial charge in [-0.1, -0.05) is 6.58 Å². The molecule has 0 spiro atoms. The van der Waals surface area contributed by atoms with Crippen LogP contribution in [0.25, 0.3) is 0 Å². The first-order valence-electron chi connectivity index (χ1n) is 8.53. The smallest absolute Gasteiger partial charge is 0.344 e. The minimum Gasteiger partial charge on any atom is -0.748 e. The fourth-order valence-corrected chi connectivity index (χ4v) is 3.04. The van der Waals surface area contributed by atoms with Gasteiger partial charge < -0.3 is 18.8 Å². The molecule has 0 atom stereocenters. The quantitative estimate of drug-likeness (QED) is 0.341. The van der Waals surface area contributed by atoms with Crippen LogP contribution in [0.2, 0.25) is 0 Å². The zero-order chi connectivity index (χ0) is 20.8. The van der Waals surface area contributed by atoms with Crippen molar-refractivity contribution in [3.05, 3.63) is 42.2 Å². The van der Waals surface area contributed by atoms with E-state index in [1.165, 1.54) is 12.1 Å². The van der Waals surface area contributed by atoms with Crippen LogP contribution in [0.4, 0.5) is 4.39 Å². The maximum Gasteiger partial charge on any atom is 0.344 e. The van der Waals surface area contributed by atoms with Crippen molar-refractivity contribution in [3.8, 4) is 5.75 Å². The number of ether oxygens (including phenoxy) is 3. The summed E-state index contributed by atoms with van der Waals surface area (Å²) in [5, 5.41) is 0. The highest BCUT2D eigenvalue weighted by molar-refractivity contribution is 7.85. The van der Waals surface area contributed by atoms with Crippen molar-refractivity contribution in [2.45, 2.75) is 31.3 Å². The Morgan fingerprint density at radius 3 is 2.54 bits per heavy atom. The summed E-state index contributed by atoms with van der Waals surface area (Å²) < 4.78 is 60.3. The zero-order valence-corrected chi connectivity index (χ0v) is 15.8. The second kappa shape index (κ2) is 9.16. The van der Waals surface area contributed by atoms with Gasteiger partial charge in [-0.2, -0.15) is 0 Å². The maximum atomic E-state index is 14.1. The molecular weight excluding hydrogens is 395 g/mol. The molecule has 0 radical (unpaired) electrons. The van der Waals surface area contributed by atoms with E-state index in [2.05, 4.69) is 11.3 Å². The first kappa shape index (κ1) is 21.8. The molecule has 1 saturated carbocycles. The number of halogens is 1. The van der Waals surface area contributed by atoms with Crippen LogP contribution in [0.1, 0.15) is 36.0 Å². The lowest BCUT2D eigenvalue weighted by molar-refractivity contribution is -0.146. The molecule has 1 aromatic carbocycles. The predicted octanol–water partition coefficient (Wildman–Crippen LogP) is 1.95. The van der Waals surface area contributed by atoms with Crippen LogP contribution in [0, 0.1) is 5.82 Å². The normalized spacial score (nSPS) is 15.6. The van der Waals surface area contributed by atoms with E-state index in [4.69, 9.17) is 9.47 Å². The standard InChI is InChI=1S/C18H21FO8S/c1-2-18(7-3-4-8-18)27-15-11-13(5-6-14(15)19)17(21)26-12-16(20)25-9-10-28(22,23)24/h2,5-6,11H,1,3-4,7-10,12H2,(H,22,23,24)/p-1. The molecule has 8 nitrogen and oxygen atoms in total. The lowest BCUT2D eigenvalue weighted by Gasteiger charge is -2.27. The molecule has 0 heterocycles. The van der Waals surface area contributed by atoms with Gasteiger partial charge in [-0.25, -0.2) is 22.4 Å². The van der Waals surface area contributed by atoms with Crippen molar-refractivity contribution in [2.24, 2.45) is 0 Å². The Hall–Kier alpha value is -2.46. The van der Waals surface area contributed by atoms with Crippen LogP contribution < -0.4 is 4.74 Å². The third-order valence-electron chi connectivity index (χ3n) is 4.22. The van der Waals surface area contributed by atoms with Crippen LogP contribution in [0.15, 0.2) is 30.9 Å². The number of hydrogen-bond donors (Lipinski definition) is 0. The summed E-state index contributed by atoms with van der Waals surface area (Å²) in [6.45, 7) is 2.31. The average molecular weight is 415 g/mol. The Morgan fingerprint density at radius 2 is 1.93 bits per heavy atom. The highest BCUT2D eigenvalue weighted by Crippen LogP contribution is 2.36. The summed E-state index contributed by atoms with van der Waals surface area (Å²) in [5.41, 5.74) is -0.724. The summed E-state index contributed by atoms with van der Waals surface area (Å²) in [5.74, 6) is -3.59. The van der Waals surface area contributed by atoms with Crippen LogP contribution in [-0.2, 0) is 24.4 Å². The summed E-state index contributed by atoms with van der Waals surface area (Å²) in [6, 6.07) is 3.40. The molecule has 0 bridgehead atoms. The van der Waals surface area contributed by atoms with E-state index in [-0.39, 0.29) is 11.3 Å². The molecule has 0 unspecified atom stereocenters. The van der Waals surface area contributed by atoms with Crippen LogP contribution >= 0.6 is 0 Å². The van der Waals surface area contributed by atoms with E-state index in [0.717, 1.165) is 18.9 Å². The first-order valence-corrected chi connectivity index (χ1v) is 10.1. The lowest BCUT2D eigenvalue weighted by Crippen LogP contribution is -2.30. The van der Waals surface area contributed by atoms with Gasteiger partial charge in [0.1, 0.15) is 12.2 Å². The number of esters is 2. The van der Waals surface area contributed by atoms with E-state index in [9.17, 15) is 27.0 Å². The van der Waals surface area contributed by atoms with Crippen molar-refractivity contribution < 1.29 is 41.2 Å². The van der Waals surface area contributed by atoms with Gasteiger partial charge in [0, 0.05) is 0 Å². The van der Waals surface area contributed by atoms with Gasteiger partial charge in [0.2, 0.25) is 0 Å². The molecule has 28 heavy (non-hydrogen) atoms. The first-order chi connectivity index (χ1) is 13.1. The fourth-order valence-electron chi connectivity index (χ4n) is 2.76. The van der Waals surface area contributed by atoms with Gasteiger partial charge in [-0.15, -0.1) is 0 Å². The molecule has 10 heteroatoms. The summed E-state index contributed by atoms with van der Waals surface area (Å²) in [4.78, 5) is 23.5. The summed E-state index contributed by atoms with van der Waals surface area (Å²) >= 11 is 0. The van der Waals surface area contributed by atoms with Crippen molar-refractivity contribution in [2.75, 3.05) is 19.0 Å². The van der Waals surface area contributed by atoms with Gasteiger partial charge in [-0.3, -0.25) is 0 Å². The Balaban J connectivity index is 1.94. The molecule has 0 N–H and O–H groups in total. The largest absolute Gasteiger partial charge is 0.748 e. The van der Waals surface area contributed by atoms with Gasteiger partial charge in [-0.05, 0) is 50.0 Å². The van der Waals surface area contributed by atoms with Crippen molar-refractivity contribution in [3.63, 3.8) is 0 Å². The van der Waals surface area contributed by atoms with Gasteiger partial charge >= 0.3 is 11.9 Å². The number of rotatable bonds is 9. The molecule has 1 aliphatic carbocycles. The minimum atomic E-state index is -4.51. The lowest BCUT2D eigenvalue weighted by atomic mass is 10.0. The molecule has 154 valence electrons. The second-order valence-electron chi connectivity index (χ2n) is 6.28. The van der Waals surface area contributed by atoms with E-state index < -0.39 is 52.4 Å². The Kier molecular flexibility index (Phi) is 7.14. The van der Waals surface area contributed by atoms with Gasteiger partial charge in [0.25, 0.3) is 0 Å². The third kappa shape index (κ3) is 6.31. The number of hydrogen-bond acceptors (Lipinski definition) is 8. The molecule has 0 saturated heterocycles. The third-order valence-corrected chi connectivity index (χ3v) is 4.89. The highest BCUT2D eigenvalue weighted by Gasteiger charge is 2.33. The average Bonchev–Trinajstić information content (AvgIpc) is 3.09. The highest BCUT2D eigenvalue weighted by atomic mass is 32.2. The molecule has 0 aromatic heterocycles. The fraction of sp³-hybridized carbons (Fsp3) is 0.444. The van der Waals surface area contributed by atoms with E-state index in [1.54, 1.807) is 6.08 Å². The summed E-state index contributed by atoms with van der Waals surface area (Å²) in [6.07, 6.45) is 4.85. The Labute approximate surface area is 162 Å². The topological polar surface area (TPSA) is 119 Å². The van der Waals surface area contributed by atoms with E-state index >= 15 is 0 Å². The number of carbonyl (C=O) groups excluding carboxylic acids is 2. The second-order valence-corrected chi connectivity index (χ2v) is 7.81. The molecule has 1 aliphatic rings. The van der Waals surface area contributed by atoms with Gasteiger partial charge in [0.05, 0.1) is 21.4 Å². The van der Waals surface area contributed by atoms with E-state index in [0.29, 0.717) is 12.8 Å². The zero-order valence-electron chi connectivity index (χ0n) is 15.0. The van der Waals surface area contributed by atoms with Crippen LogP contribution in [-0.4, -0.2) is 49.5 Å². The van der Waals surface area contributed by atoms with Crippen LogP contribution in [0.3, 0.4) is 0 Å². The van der Waals surface area contributed by atoms with Crippen LogP contribution in [0.5, 0.6) is 5.75 Å². The van der Waals surface area contributed by atoms with E-state index in [1.807, 2.05) is 0 Å². The van der Waals surface area contributed by atoms with Crippen molar-refractivity contribution >= 4 is 22.1 Å². The molecule has 0 aliphatic heterocycles. The Morgan fingerprint density at radius 1 is 1.25 bits per heavy atom. The minimum absolute atomic E-state index is 0.0384. The van der Waals surface area contributed by atoms with Crippen molar-refractivity contribution in [1.82, 2.24) is 0 Å². The monoisotopic (exact) mass is 415 g/mol.